The van der Waals surface area contributed by atoms with E-state index in [1.165, 1.54) is 0 Å². The maximum atomic E-state index is 13.6. The summed E-state index contributed by atoms with van der Waals surface area (Å²) in [7, 11) is -3.90. The van der Waals surface area contributed by atoms with E-state index in [0.717, 1.165) is 53.6 Å². The molecule has 1 aliphatic rings. The Bertz CT molecular complexity index is 1100. The lowest BCUT2D eigenvalue weighted by molar-refractivity contribution is 0.593. The lowest BCUT2D eigenvalue weighted by Gasteiger charge is -2.13. The first-order valence-electron chi connectivity index (χ1n) is 8.89. The number of rotatable bonds is 3. The maximum Gasteiger partial charge on any atom is 0.225 e. The molecule has 140 valence electrons. The average molecular weight is 420 g/mol. The Hall–Kier alpha value is -1.75. The van der Waals surface area contributed by atoms with Crippen LogP contribution in [0, 0.1) is 6.92 Å². The molecule has 0 atom stereocenters. The number of aryl methyl sites for hydroxylation is 2. The number of fused-ring (bicyclic) bond motifs is 1. The maximum absolute atomic E-state index is 13.6. The van der Waals surface area contributed by atoms with Crippen molar-refractivity contribution < 1.29 is 8.42 Å². The van der Waals surface area contributed by atoms with Crippen LogP contribution in [-0.4, -0.2) is 13.4 Å². The molecule has 0 saturated heterocycles. The van der Waals surface area contributed by atoms with Crippen molar-refractivity contribution in [3.05, 3.63) is 69.3 Å². The Balaban J connectivity index is 2.01. The van der Waals surface area contributed by atoms with Gasteiger partial charge in [0.15, 0.2) is 0 Å². The number of H-pyrrole nitrogens is 1. The summed E-state index contributed by atoms with van der Waals surface area (Å²) in [5.41, 5.74) is 4.86. The summed E-state index contributed by atoms with van der Waals surface area (Å²) in [5, 5.41) is 0.447. The topological polar surface area (TPSA) is 49.9 Å². The fraction of sp³-hybridized carbons (Fsp3) is 0.238. The number of sulfone groups is 1. The number of aromatic nitrogens is 1. The predicted octanol–water partition coefficient (Wildman–Crippen LogP) is 6.01. The Morgan fingerprint density at radius 2 is 1.56 bits per heavy atom. The van der Waals surface area contributed by atoms with Gasteiger partial charge in [-0.2, -0.15) is 0 Å². The molecule has 2 aromatic carbocycles. The van der Waals surface area contributed by atoms with Crippen molar-refractivity contribution in [3.63, 3.8) is 0 Å². The Labute approximate surface area is 169 Å². The van der Waals surface area contributed by atoms with Crippen molar-refractivity contribution in [1.82, 2.24) is 4.98 Å². The molecule has 0 bridgehead atoms. The molecule has 0 radical (unpaired) electrons. The number of nitrogens with one attached hydrogen (secondary N) is 1. The second kappa shape index (κ2) is 7.01. The van der Waals surface area contributed by atoms with E-state index in [1.807, 2.05) is 31.2 Å². The van der Waals surface area contributed by atoms with Gasteiger partial charge in [0.2, 0.25) is 9.84 Å². The quantitative estimate of drug-likeness (QED) is 0.564. The Morgan fingerprint density at radius 1 is 0.926 bits per heavy atom. The zero-order chi connectivity index (χ0) is 19.2. The normalized spacial score (nSPS) is 14.2. The molecule has 1 aromatic heterocycles. The van der Waals surface area contributed by atoms with Gasteiger partial charge in [0.25, 0.3) is 0 Å². The molecule has 27 heavy (non-hydrogen) atoms. The van der Waals surface area contributed by atoms with Gasteiger partial charge in [0.1, 0.15) is 9.92 Å². The zero-order valence-corrected chi connectivity index (χ0v) is 17.2. The van der Waals surface area contributed by atoms with Gasteiger partial charge in [0, 0.05) is 11.3 Å². The minimum absolute atomic E-state index is 0.0414. The monoisotopic (exact) mass is 419 g/mol. The molecule has 1 aliphatic carbocycles. The molecule has 3 aromatic rings. The largest absolute Gasteiger partial charge is 0.349 e. The molecule has 0 aliphatic heterocycles. The van der Waals surface area contributed by atoms with Gasteiger partial charge in [-0.05, 0) is 55.9 Å². The van der Waals surface area contributed by atoms with E-state index >= 15 is 0 Å². The highest BCUT2D eigenvalue weighted by atomic mass is 35.5. The number of benzene rings is 2. The van der Waals surface area contributed by atoms with Crippen LogP contribution < -0.4 is 0 Å². The third kappa shape index (κ3) is 3.20. The van der Waals surface area contributed by atoms with Crippen molar-refractivity contribution in [2.45, 2.75) is 42.5 Å². The minimum Gasteiger partial charge on any atom is -0.349 e. The lowest BCUT2D eigenvalue weighted by atomic mass is 9.92. The van der Waals surface area contributed by atoms with E-state index in [0.29, 0.717) is 0 Å². The van der Waals surface area contributed by atoms with Crippen molar-refractivity contribution in [3.8, 4) is 11.1 Å². The number of aromatic amines is 1. The standard InChI is InChI=1S/C21H19Cl2NO2S/c1-13-9-11-14(12-10-13)19-15-5-2-3-8-18(15)24-21(19)27(25,26)20-16(22)6-4-7-17(20)23/h4,6-7,9-12,24H,2-3,5,8H2,1H3. The van der Waals surface area contributed by atoms with E-state index in [4.69, 9.17) is 23.2 Å². The van der Waals surface area contributed by atoms with Crippen molar-refractivity contribution in [2.75, 3.05) is 0 Å². The number of hydrogen-bond donors (Lipinski definition) is 1. The van der Waals surface area contributed by atoms with Crippen LogP contribution in [-0.2, 0) is 22.7 Å². The fourth-order valence-corrected chi connectivity index (χ4v) is 6.35. The molecule has 4 rings (SSSR count). The molecule has 0 fully saturated rings. The van der Waals surface area contributed by atoms with Crippen LogP contribution in [0.1, 0.15) is 29.7 Å². The summed E-state index contributed by atoms with van der Waals surface area (Å²) in [5.74, 6) is 0. The highest BCUT2D eigenvalue weighted by molar-refractivity contribution is 7.91. The van der Waals surface area contributed by atoms with Crippen LogP contribution in [0.5, 0.6) is 0 Å². The van der Waals surface area contributed by atoms with E-state index < -0.39 is 9.84 Å². The highest BCUT2D eigenvalue weighted by Crippen LogP contribution is 2.42. The van der Waals surface area contributed by atoms with Crippen LogP contribution in [0.3, 0.4) is 0 Å². The summed E-state index contributed by atoms with van der Waals surface area (Å²) >= 11 is 12.5. The molecule has 0 saturated carbocycles. The summed E-state index contributed by atoms with van der Waals surface area (Å²) < 4.78 is 27.1. The van der Waals surface area contributed by atoms with Gasteiger partial charge < -0.3 is 4.98 Å². The van der Waals surface area contributed by atoms with E-state index in [2.05, 4.69) is 4.98 Å². The second-order valence-electron chi connectivity index (χ2n) is 6.91. The molecule has 0 spiro atoms. The molecular weight excluding hydrogens is 401 g/mol. The highest BCUT2D eigenvalue weighted by Gasteiger charge is 2.32. The summed E-state index contributed by atoms with van der Waals surface area (Å²) in [6.45, 7) is 2.01. The molecular formula is C21H19Cl2NO2S. The third-order valence-corrected chi connectivity index (χ3v) is 7.73. The number of hydrogen-bond acceptors (Lipinski definition) is 2. The number of halogens is 2. The van der Waals surface area contributed by atoms with Crippen LogP contribution in [0.4, 0.5) is 0 Å². The Kier molecular flexibility index (Phi) is 4.83. The van der Waals surface area contributed by atoms with Crippen LogP contribution in [0.25, 0.3) is 11.1 Å². The molecule has 1 N–H and O–H groups in total. The van der Waals surface area contributed by atoms with Gasteiger partial charge in [0.05, 0.1) is 10.0 Å². The van der Waals surface area contributed by atoms with Crippen molar-refractivity contribution in [1.29, 1.82) is 0 Å². The first-order valence-corrected chi connectivity index (χ1v) is 11.1. The molecule has 0 unspecified atom stereocenters. The molecule has 6 heteroatoms. The predicted molar refractivity (Wildman–Crippen MR) is 110 cm³/mol. The second-order valence-corrected chi connectivity index (χ2v) is 9.55. The summed E-state index contributed by atoms with van der Waals surface area (Å²) in [4.78, 5) is 3.16. The molecule has 3 nitrogen and oxygen atoms in total. The first-order chi connectivity index (χ1) is 12.9. The Morgan fingerprint density at radius 3 is 2.22 bits per heavy atom. The van der Waals surface area contributed by atoms with Gasteiger partial charge in [-0.1, -0.05) is 59.1 Å². The van der Waals surface area contributed by atoms with E-state index in [9.17, 15) is 8.42 Å². The van der Waals surface area contributed by atoms with Gasteiger partial charge in [-0.3, -0.25) is 0 Å². The summed E-state index contributed by atoms with van der Waals surface area (Å²) in [6.07, 6.45) is 3.81. The first kappa shape index (κ1) is 18.6. The minimum atomic E-state index is -3.90. The van der Waals surface area contributed by atoms with Crippen LogP contribution in [0.2, 0.25) is 10.0 Å². The lowest BCUT2D eigenvalue weighted by Crippen LogP contribution is -2.06. The van der Waals surface area contributed by atoms with Crippen LogP contribution >= 0.6 is 23.2 Å². The van der Waals surface area contributed by atoms with Gasteiger partial charge in [-0.15, -0.1) is 0 Å². The molecule has 1 heterocycles. The van der Waals surface area contributed by atoms with Crippen molar-refractivity contribution in [2.24, 2.45) is 0 Å². The van der Waals surface area contributed by atoms with Gasteiger partial charge in [-0.25, -0.2) is 8.42 Å². The van der Waals surface area contributed by atoms with Crippen LogP contribution in [0.15, 0.2) is 52.4 Å². The zero-order valence-electron chi connectivity index (χ0n) is 14.9. The fourth-order valence-electron chi connectivity index (χ4n) is 3.72. The SMILES string of the molecule is Cc1ccc(-c2c(S(=O)(=O)c3c(Cl)cccc3Cl)[nH]c3c2CCCC3)cc1. The molecule has 0 amide bonds. The van der Waals surface area contributed by atoms with E-state index in [-0.39, 0.29) is 20.0 Å². The summed E-state index contributed by atoms with van der Waals surface area (Å²) in [6, 6.07) is 12.7. The van der Waals surface area contributed by atoms with Gasteiger partial charge >= 0.3 is 0 Å². The average Bonchev–Trinajstić information content (AvgIpc) is 3.02. The smallest absolute Gasteiger partial charge is 0.225 e. The third-order valence-electron chi connectivity index (χ3n) is 5.06. The van der Waals surface area contributed by atoms with Crippen molar-refractivity contribution >= 4 is 33.0 Å². The van der Waals surface area contributed by atoms with E-state index in [1.54, 1.807) is 18.2 Å².